The Balaban J connectivity index is 0.000000213. The Kier molecular flexibility index (Phi) is 33.2. The smallest absolute Gasteiger partial charge is 0.226 e. The molecular weight excluding hydrogens is 1760 g/mol. The van der Waals surface area contributed by atoms with Gasteiger partial charge in [-0.15, -0.1) is 0 Å². The van der Waals surface area contributed by atoms with Crippen LogP contribution in [0.3, 0.4) is 0 Å². The molecule has 0 bridgehead atoms. The Bertz CT molecular complexity index is 6640. The number of hydrogen-bond acceptors (Lipinski definition) is 20. The Morgan fingerprint density at radius 1 is 0.206 bits per heavy atom. The highest BCUT2D eigenvalue weighted by atomic mass is 16.5. The molecule has 0 amide bonds. The van der Waals surface area contributed by atoms with Crippen molar-refractivity contribution >= 4 is 0 Å². The van der Waals surface area contributed by atoms with Crippen molar-refractivity contribution in [2.24, 2.45) is 0 Å². The van der Waals surface area contributed by atoms with Crippen LogP contribution in [-0.2, 0) is 27.1 Å². The Morgan fingerprint density at radius 3 is 0.603 bits per heavy atom. The van der Waals surface area contributed by atoms with Gasteiger partial charge >= 0.3 is 0 Å². The van der Waals surface area contributed by atoms with E-state index < -0.39 is 0 Å². The summed E-state index contributed by atoms with van der Waals surface area (Å²) in [7, 11) is 0. The summed E-state index contributed by atoms with van der Waals surface area (Å²) in [5.41, 5.74) is 12.2. The molecule has 4 N–H and O–H groups in total. The van der Waals surface area contributed by atoms with Crippen LogP contribution in [-0.4, -0.2) is 60.3 Å². The molecule has 20 heteroatoms. The molecule has 0 aliphatic carbocycles. The van der Waals surface area contributed by atoms with Gasteiger partial charge in [-0.2, -0.15) is 0 Å². The van der Waals surface area contributed by atoms with Crippen molar-refractivity contribution in [3.05, 3.63) is 408 Å². The topological polar surface area (TPSA) is 258 Å². The SMILES string of the molecule is CCCCCCCCCC(C)(c1ccc(O)cc1)c1ccc(Oc2cc(Oc3ccc(C(C)(C)c4ccc(Oc5cc(Oc6ccc(C(C)(C)c7ccc(O)cc7)cc6)ncn5)cc4)cc3)ncn2)cc1.CCCCCCCCCC(c1ccc(O)cc1)c1ccc(Oc2cc(Oc3ccc(C(C)(C)c4ccc(Oc5cc(Oc6ccc(C(C)(C)c7ccc(O)cc7)cc6)ncn5)cc4)cc3)ncn2)cc1. The van der Waals surface area contributed by atoms with E-state index in [1.54, 1.807) is 72.8 Å². The van der Waals surface area contributed by atoms with Crippen molar-refractivity contribution < 1.29 is 58.3 Å². The van der Waals surface area contributed by atoms with Gasteiger partial charge in [0.05, 0.1) is 24.3 Å². The molecule has 722 valence electrons. The van der Waals surface area contributed by atoms with Crippen LogP contribution < -0.4 is 37.9 Å². The zero-order valence-corrected chi connectivity index (χ0v) is 82.4. The molecule has 0 saturated heterocycles. The minimum atomic E-state index is -0.331. The van der Waals surface area contributed by atoms with Crippen LogP contribution in [0.4, 0.5) is 0 Å². The van der Waals surface area contributed by atoms with E-state index in [-0.39, 0.29) is 56.0 Å². The maximum atomic E-state index is 10.0. The van der Waals surface area contributed by atoms with Crippen molar-refractivity contribution in [2.45, 2.75) is 212 Å². The van der Waals surface area contributed by atoms with Crippen LogP contribution >= 0.6 is 0 Å². The number of unbranched alkanes of at least 4 members (excludes halogenated alkanes) is 12. The van der Waals surface area contributed by atoms with E-state index in [1.807, 2.05) is 170 Å². The molecule has 20 nitrogen and oxygen atoms in total. The van der Waals surface area contributed by atoms with Gasteiger partial charge in [-0.05, 0) is 225 Å². The summed E-state index contributed by atoms with van der Waals surface area (Å²) in [5.74, 6) is 9.34. The molecule has 4 heterocycles. The molecule has 141 heavy (non-hydrogen) atoms. The minimum absolute atomic E-state index is 0.218. The average Bonchev–Trinajstić information content (AvgIpc) is 0.799. The van der Waals surface area contributed by atoms with Crippen molar-refractivity contribution in [2.75, 3.05) is 0 Å². The fourth-order valence-electron chi connectivity index (χ4n) is 17.7. The predicted octanol–water partition coefficient (Wildman–Crippen LogP) is 31.7. The second-order valence-corrected chi connectivity index (χ2v) is 38.2. The number of phenols is 4. The number of aromatic nitrogens is 8. The second kappa shape index (κ2) is 46.8. The van der Waals surface area contributed by atoms with Gasteiger partial charge in [0.25, 0.3) is 0 Å². The van der Waals surface area contributed by atoms with Gasteiger partial charge in [-0.1, -0.05) is 312 Å². The van der Waals surface area contributed by atoms with Crippen molar-refractivity contribution in [3.8, 4) is 116 Å². The van der Waals surface area contributed by atoms with E-state index in [0.717, 1.165) is 70.2 Å². The zero-order valence-electron chi connectivity index (χ0n) is 82.4. The number of hydrogen-bond donors (Lipinski definition) is 4. The first-order valence-electron chi connectivity index (χ1n) is 48.9. The summed E-state index contributed by atoms with van der Waals surface area (Å²) in [4.78, 5) is 34.6. The van der Waals surface area contributed by atoms with Gasteiger partial charge < -0.3 is 58.3 Å². The molecule has 0 aliphatic rings. The molecule has 16 aromatic rings. The molecule has 2 unspecified atom stereocenters. The minimum Gasteiger partial charge on any atom is -0.508 e. The number of rotatable bonds is 44. The molecule has 0 fully saturated rings. The number of aromatic hydroxyl groups is 4. The Hall–Kier alpha value is -15.4. The fourth-order valence-corrected chi connectivity index (χ4v) is 17.7. The summed E-state index contributed by atoms with van der Waals surface area (Å²) >= 11 is 0. The van der Waals surface area contributed by atoms with Crippen LogP contribution in [0, 0.1) is 0 Å². The van der Waals surface area contributed by atoms with E-state index in [0.29, 0.717) is 93.0 Å². The largest absolute Gasteiger partial charge is 0.508 e. The molecule has 4 aromatic heterocycles. The highest BCUT2D eigenvalue weighted by Crippen LogP contribution is 2.45. The number of ether oxygens (including phenoxy) is 8. The van der Waals surface area contributed by atoms with Crippen LogP contribution in [0.2, 0.25) is 0 Å². The highest BCUT2D eigenvalue weighted by molar-refractivity contribution is 5.51. The van der Waals surface area contributed by atoms with Crippen LogP contribution in [0.25, 0.3) is 0 Å². The number of phenolic OH excluding ortho intramolecular Hbond substituents is 4. The van der Waals surface area contributed by atoms with E-state index in [1.165, 1.54) is 125 Å². The molecule has 0 saturated carbocycles. The maximum absolute atomic E-state index is 10.0. The van der Waals surface area contributed by atoms with E-state index in [4.69, 9.17) is 37.9 Å². The lowest BCUT2D eigenvalue weighted by atomic mass is 9.72. The van der Waals surface area contributed by atoms with Gasteiger partial charge in [-0.25, -0.2) is 39.9 Å². The van der Waals surface area contributed by atoms with Crippen molar-refractivity contribution in [3.63, 3.8) is 0 Å². The lowest BCUT2D eigenvalue weighted by Gasteiger charge is -2.31. The first kappa shape index (κ1) is 100. The number of nitrogens with zero attached hydrogens (tertiary/aromatic N) is 8. The summed E-state index contributed by atoms with van der Waals surface area (Å²) in [6.45, 7) is 24.1. The highest BCUT2D eigenvalue weighted by Gasteiger charge is 2.32. The molecule has 2 atom stereocenters. The van der Waals surface area contributed by atoms with Gasteiger partial charge in [0.2, 0.25) is 47.0 Å². The standard InChI is InChI=1S/C61H64N4O6.C60H62N4O6/c1-7-8-9-10-11-12-13-38-61(6,47-16-28-50(67)29-17-47)48-24-36-54(37-25-48)71-58-40-57(64-42-65-58)70-53-34-22-46(23-35-53)60(4,5)45-20-32-52(33-21-45)69-56-39-55(62-41-63-56)68-51-30-18-44(19-31-51)59(2,3)43-14-26-49(66)27-15-43;1-6-7-8-9-10-11-12-13-54(42-14-26-48(65)27-15-42)43-16-30-50(31-17-43)67-55-38-56(62-40-61-55)68-52-34-22-46(23-35-52)60(4,5)47-24-36-53(37-25-47)70-58-39-57(63-41-64-58)69-51-32-20-45(21-33-51)59(2,3)44-18-28-49(66)29-19-44/h14-37,39-42,66-67H,7-13,38H2,1-6H3;14-41,54,65-66H,6-13H2,1-5H3. The van der Waals surface area contributed by atoms with Crippen molar-refractivity contribution in [1.29, 1.82) is 0 Å². The molecule has 16 rings (SSSR count). The van der Waals surface area contributed by atoms with E-state index in [9.17, 15) is 20.4 Å². The Labute approximate surface area is 828 Å². The van der Waals surface area contributed by atoms with Crippen LogP contribution in [0.5, 0.6) is 116 Å². The average molecular weight is 1880 g/mol. The van der Waals surface area contributed by atoms with E-state index >= 15 is 0 Å². The molecule has 0 spiro atoms. The monoisotopic (exact) mass is 1880 g/mol. The van der Waals surface area contributed by atoms with Crippen LogP contribution in [0.15, 0.2) is 341 Å². The van der Waals surface area contributed by atoms with Crippen LogP contribution in [0.1, 0.15) is 252 Å². The normalized spacial score (nSPS) is 12.2. The lowest BCUT2D eigenvalue weighted by molar-refractivity contribution is 0.431. The number of benzene rings is 12. The molecular formula is C121H126N8O12. The third-order valence-corrected chi connectivity index (χ3v) is 26.8. The third-order valence-electron chi connectivity index (χ3n) is 26.8. The summed E-state index contributed by atoms with van der Waals surface area (Å²) in [5, 5.41) is 39.4. The van der Waals surface area contributed by atoms with Gasteiger partial charge in [0.1, 0.15) is 94.3 Å². The lowest BCUT2D eigenvalue weighted by Crippen LogP contribution is -2.23. The van der Waals surface area contributed by atoms with Gasteiger partial charge in [0.15, 0.2) is 0 Å². The van der Waals surface area contributed by atoms with E-state index in [2.05, 4.69) is 189 Å². The summed E-state index contributed by atoms with van der Waals surface area (Å²) < 4.78 is 49.2. The summed E-state index contributed by atoms with van der Waals surface area (Å²) in [6.07, 6.45) is 25.4. The van der Waals surface area contributed by atoms with Gasteiger partial charge in [0, 0.05) is 33.0 Å². The van der Waals surface area contributed by atoms with Crippen molar-refractivity contribution in [1.82, 2.24) is 39.9 Å². The maximum Gasteiger partial charge on any atom is 0.226 e. The first-order chi connectivity index (χ1) is 68.2. The zero-order chi connectivity index (χ0) is 98.8. The van der Waals surface area contributed by atoms with Gasteiger partial charge in [-0.3, -0.25) is 0 Å². The first-order valence-corrected chi connectivity index (χ1v) is 48.9. The Morgan fingerprint density at radius 2 is 0.376 bits per heavy atom. The third kappa shape index (κ3) is 26.9. The quantitative estimate of drug-likeness (QED) is 0.0259. The second-order valence-electron chi connectivity index (χ2n) is 38.2. The fraction of sp³-hybridized carbons (Fsp3) is 0.273. The predicted molar refractivity (Wildman–Crippen MR) is 555 cm³/mol. The summed E-state index contributed by atoms with van der Waals surface area (Å²) in [6, 6.07) is 101. The molecule has 0 aliphatic heterocycles. The molecule has 0 radical (unpaired) electrons. The molecule has 12 aromatic carbocycles.